The summed E-state index contributed by atoms with van der Waals surface area (Å²) in [6, 6.07) is 2.13. The monoisotopic (exact) mass is 306 g/mol. The van der Waals surface area contributed by atoms with Gasteiger partial charge in [0.25, 0.3) is 0 Å². The number of amides is 2. The van der Waals surface area contributed by atoms with E-state index in [4.69, 9.17) is 0 Å². The molecule has 0 bridgehead atoms. The standard InChI is InChI=1S/C16H22N2O2S/c1-2-16(7-3-14(19)17-16)8-4-15(20)18-9-5-13-12(11-18)6-10-21-13/h6,10H,2-5,7-9,11H2,1H3,(H,17,19)/t16-/m0/s1. The zero-order valence-corrected chi connectivity index (χ0v) is 13.3. The Kier molecular flexibility index (Phi) is 4.02. The summed E-state index contributed by atoms with van der Waals surface area (Å²) < 4.78 is 0. The van der Waals surface area contributed by atoms with Gasteiger partial charge in [0.15, 0.2) is 0 Å². The van der Waals surface area contributed by atoms with E-state index >= 15 is 0 Å². The summed E-state index contributed by atoms with van der Waals surface area (Å²) in [5.41, 5.74) is 1.16. The molecule has 1 saturated heterocycles. The number of carbonyl (C=O) groups excluding carboxylic acids is 2. The average Bonchev–Trinajstić information content (AvgIpc) is 3.11. The third-order valence-corrected chi connectivity index (χ3v) is 5.91. The second kappa shape index (κ2) is 5.79. The number of nitrogens with zero attached hydrogens (tertiary/aromatic N) is 1. The summed E-state index contributed by atoms with van der Waals surface area (Å²) in [6.07, 6.45) is 4.65. The van der Waals surface area contributed by atoms with Crippen LogP contribution in [0.5, 0.6) is 0 Å². The molecule has 5 heteroatoms. The van der Waals surface area contributed by atoms with Gasteiger partial charge in [-0.3, -0.25) is 9.59 Å². The number of fused-ring (bicyclic) bond motifs is 1. The van der Waals surface area contributed by atoms with Crippen molar-refractivity contribution in [2.45, 2.75) is 57.5 Å². The summed E-state index contributed by atoms with van der Waals surface area (Å²) in [6.45, 7) is 3.68. The van der Waals surface area contributed by atoms with Crippen molar-refractivity contribution >= 4 is 23.2 Å². The molecule has 0 aromatic carbocycles. The predicted molar refractivity (Wildman–Crippen MR) is 83.1 cm³/mol. The number of rotatable bonds is 4. The minimum atomic E-state index is -0.143. The second-order valence-corrected chi connectivity index (χ2v) is 7.12. The Morgan fingerprint density at radius 2 is 2.33 bits per heavy atom. The smallest absolute Gasteiger partial charge is 0.222 e. The lowest BCUT2D eigenvalue weighted by atomic mass is 9.88. The van der Waals surface area contributed by atoms with Gasteiger partial charge in [0.1, 0.15) is 0 Å². The van der Waals surface area contributed by atoms with Crippen molar-refractivity contribution in [2.75, 3.05) is 6.54 Å². The van der Waals surface area contributed by atoms with Crippen LogP contribution >= 0.6 is 11.3 Å². The first-order valence-electron chi connectivity index (χ1n) is 7.76. The second-order valence-electron chi connectivity index (χ2n) is 6.12. The fourth-order valence-corrected chi connectivity index (χ4v) is 4.26. The van der Waals surface area contributed by atoms with E-state index in [1.165, 1.54) is 10.4 Å². The molecule has 1 fully saturated rings. The molecule has 1 aromatic heterocycles. The van der Waals surface area contributed by atoms with Crippen molar-refractivity contribution in [3.8, 4) is 0 Å². The molecule has 0 unspecified atom stereocenters. The van der Waals surface area contributed by atoms with Gasteiger partial charge in [-0.25, -0.2) is 0 Å². The molecule has 4 nitrogen and oxygen atoms in total. The van der Waals surface area contributed by atoms with Gasteiger partial charge in [0, 0.05) is 36.3 Å². The van der Waals surface area contributed by atoms with Crippen molar-refractivity contribution < 1.29 is 9.59 Å². The van der Waals surface area contributed by atoms with E-state index in [0.29, 0.717) is 12.8 Å². The van der Waals surface area contributed by atoms with E-state index in [2.05, 4.69) is 23.7 Å². The number of hydrogen-bond acceptors (Lipinski definition) is 3. The van der Waals surface area contributed by atoms with Gasteiger partial charge in [-0.1, -0.05) is 6.92 Å². The van der Waals surface area contributed by atoms with Gasteiger partial charge >= 0.3 is 0 Å². The molecule has 0 saturated carbocycles. The van der Waals surface area contributed by atoms with Gasteiger partial charge in [0.05, 0.1) is 0 Å². The largest absolute Gasteiger partial charge is 0.351 e. The molecule has 1 aromatic rings. The van der Waals surface area contributed by atoms with Crippen LogP contribution in [0, 0.1) is 0 Å². The fraction of sp³-hybridized carbons (Fsp3) is 0.625. The van der Waals surface area contributed by atoms with Crippen molar-refractivity contribution in [1.29, 1.82) is 0 Å². The lowest BCUT2D eigenvalue weighted by Gasteiger charge is -2.31. The maximum atomic E-state index is 12.4. The molecule has 21 heavy (non-hydrogen) atoms. The first-order chi connectivity index (χ1) is 10.1. The van der Waals surface area contributed by atoms with Gasteiger partial charge in [0.2, 0.25) is 11.8 Å². The molecule has 2 aliphatic heterocycles. The van der Waals surface area contributed by atoms with Crippen LogP contribution in [0.25, 0.3) is 0 Å². The van der Waals surface area contributed by atoms with E-state index in [0.717, 1.165) is 38.8 Å². The van der Waals surface area contributed by atoms with E-state index in [-0.39, 0.29) is 17.4 Å². The highest BCUT2D eigenvalue weighted by Crippen LogP contribution is 2.30. The first-order valence-corrected chi connectivity index (χ1v) is 8.64. The van der Waals surface area contributed by atoms with E-state index in [1.54, 1.807) is 11.3 Å². The zero-order valence-electron chi connectivity index (χ0n) is 12.5. The average molecular weight is 306 g/mol. The molecule has 0 aliphatic carbocycles. The Morgan fingerprint density at radius 3 is 3.05 bits per heavy atom. The normalized spacial score (nSPS) is 24.8. The molecule has 2 amide bonds. The van der Waals surface area contributed by atoms with Crippen LogP contribution in [0.1, 0.15) is 49.5 Å². The Morgan fingerprint density at radius 1 is 1.48 bits per heavy atom. The minimum Gasteiger partial charge on any atom is -0.351 e. The quantitative estimate of drug-likeness (QED) is 0.929. The zero-order chi connectivity index (χ0) is 14.9. The molecule has 3 heterocycles. The molecule has 114 valence electrons. The summed E-state index contributed by atoms with van der Waals surface area (Å²) in [7, 11) is 0. The molecule has 0 spiro atoms. The third-order valence-electron chi connectivity index (χ3n) is 4.89. The molecule has 3 rings (SSSR count). The topological polar surface area (TPSA) is 49.4 Å². The van der Waals surface area contributed by atoms with Crippen LogP contribution in [0.4, 0.5) is 0 Å². The Balaban J connectivity index is 1.56. The molecular formula is C16H22N2O2S. The lowest BCUT2D eigenvalue weighted by Crippen LogP contribution is -2.43. The minimum absolute atomic E-state index is 0.130. The van der Waals surface area contributed by atoms with Crippen molar-refractivity contribution in [3.63, 3.8) is 0 Å². The van der Waals surface area contributed by atoms with Gasteiger partial charge in [-0.15, -0.1) is 11.3 Å². The SMILES string of the molecule is CC[C@@]1(CCC(=O)N2CCc3sccc3C2)CCC(=O)N1. The Bertz CT molecular complexity index is 554. The van der Waals surface area contributed by atoms with E-state index in [9.17, 15) is 9.59 Å². The Labute approximate surface area is 129 Å². The maximum absolute atomic E-state index is 12.4. The van der Waals surface area contributed by atoms with Gasteiger partial charge in [-0.05, 0) is 42.7 Å². The maximum Gasteiger partial charge on any atom is 0.222 e. The number of hydrogen-bond donors (Lipinski definition) is 1. The van der Waals surface area contributed by atoms with Gasteiger partial charge in [-0.2, -0.15) is 0 Å². The fourth-order valence-electron chi connectivity index (χ4n) is 3.37. The Hall–Kier alpha value is -1.36. The van der Waals surface area contributed by atoms with Crippen molar-refractivity contribution in [2.24, 2.45) is 0 Å². The van der Waals surface area contributed by atoms with Crippen LogP contribution in [0.3, 0.4) is 0 Å². The van der Waals surface area contributed by atoms with Crippen LogP contribution in [0.15, 0.2) is 11.4 Å². The van der Waals surface area contributed by atoms with Crippen molar-refractivity contribution in [1.82, 2.24) is 10.2 Å². The highest BCUT2D eigenvalue weighted by Gasteiger charge is 2.36. The molecular weight excluding hydrogens is 284 g/mol. The van der Waals surface area contributed by atoms with Gasteiger partial charge < -0.3 is 10.2 Å². The number of thiophene rings is 1. The van der Waals surface area contributed by atoms with Crippen LogP contribution < -0.4 is 5.32 Å². The predicted octanol–water partition coefficient (Wildman–Crippen LogP) is 2.47. The third kappa shape index (κ3) is 2.98. The molecule has 0 radical (unpaired) electrons. The van der Waals surface area contributed by atoms with Crippen LogP contribution in [0.2, 0.25) is 0 Å². The van der Waals surface area contributed by atoms with Crippen LogP contribution in [-0.2, 0) is 22.6 Å². The summed E-state index contributed by atoms with van der Waals surface area (Å²) in [4.78, 5) is 27.3. The first kappa shape index (κ1) is 14.6. The molecule has 1 atom stereocenters. The summed E-state index contributed by atoms with van der Waals surface area (Å²) in [5.74, 6) is 0.353. The highest BCUT2D eigenvalue weighted by atomic mass is 32.1. The number of nitrogens with one attached hydrogen (secondary N) is 1. The number of carbonyl (C=O) groups is 2. The van der Waals surface area contributed by atoms with E-state index < -0.39 is 0 Å². The highest BCUT2D eigenvalue weighted by molar-refractivity contribution is 7.10. The van der Waals surface area contributed by atoms with E-state index in [1.807, 2.05) is 4.90 Å². The summed E-state index contributed by atoms with van der Waals surface area (Å²) >= 11 is 1.79. The van der Waals surface area contributed by atoms with Crippen LogP contribution in [-0.4, -0.2) is 28.8 Å². The summed E-state index contributed by atoms with van der Waals surface area (Å²) in [5, 5.41) is 5.19. The van der Waals surface area contributed by atoms with Crippen molar-refractivity contribution in [3.05, 3.63) is 21.9 Å². The molecule has 2 aliphatic rings. The molecule has 1 N–H and O–H groups in total. The lowest BCUT2D eigenvalue weighted by molar-refractivity contribution is -0.132.